The Balaban J connectivity index is 1.70. The van der Waals surface area contributed by atoms with Gasteiger partial charge in [-0.1, -0.05) is 18.2 Å². The number of nitrogens with one attached hydrogen (secondary N) is 2. The molecule has 154 valence electrons. The van der Waals surface area contributed by atoms with Crippen molar-refractivity contribution in [2.45, 2.75) is 18.5 Å². The van der Waals surface area contributed by atoms with Crippen LogP contribution in [-0.4, -0.2) is 47.4 Å². The molecule has 1 aliphatic carbocycles. The van der Waals surface area contributed by atoms with E-state index in [1.807, 2.05) is 0 Å². The van der Waals surface area contributed by atoms with Crippen LogP contribution < -0.4 is 10.6 Å². The lowest BCUT2D eigenvalue weighted by Gasteiger charge is -2.36. The second-order valence-electron chi connectivity index (χ2n) is 7.44. The molecule has 0 saturated heterocycles. The maximum Gasteiger partial charge on any atom is 0.254 e. The zero-order valence-corrected chi connectivity index (χ0v) is 16.2. The molecule has 0 spiro atoms. The zero-order valence-electron chi connectivity index (χ0n) is 16.2. The second kappa shape index (κ2) is 7.38. The van der Waals surface area contributed by atoms with Gasteiger partial charge in [-0.25, -0.2) is 4.39 Å². The molecule has 7 nitrogen and oxygen atoms in total. The van der Waals surface area contributed by atoms with E-state index in [4.69, 9.17) is 0 Å². The Morgan fingerprint density at radius 2 is 2.07 bits per heavy atom. The van der Waals surface area contributed by atoms with E-state index < -0.39 is 11.4 Å². The third-order valence-electron chi connectivity index (χ3n) is 5.77. The maximum atomic E-state index is 13.7. The fourth-order valence-corrected chi connectivity index (χ4v) is 4.20. The van der Waals surface area contributed by atoms with E-state index in [9.17, 15) is 23.9 Å². The Hall–Kier alpha value is -3.52. The third-order valence-corrected chi connectivity index (χ3v) is 5.77. The third kappa shape index (κ3) is 3.15. The summed E-state index contributed by atoms with van der Waals surface area (Å²) < 4.78 is 13.7. The lowest BCUT2D eigenvalue weighted by Crippen LogP contribution is -2.62. The first-order chi connectivity index (χ1) is 14.4. The number of amides is 3. The van der Waals surface area contributed by atoms with E-state index in [-0.39, 0.29) is 30.6 Å². The average Bonchev–Trinajstić information content (AvgIpc) is 3.27. The summed E-state index contributed by atoms with van der Waals surface area (Å²) in [5.41, 5.74) is 1.86. The number of phenols is 1. The number of hydrogen-bond donors (Lipinski definition) is 3. The van der Waals surface area contributed by atoms with Gasteiger partial charge in [-0.2, -0.15) is 0 Å². The molecule has 2 aliphatic rings. The average molecular weight is 409 g/mol. The summed E-state index contributed by atoms with van der Waals surface area (Å²) in [6, 6.07) is 8.97. The van der Waals surface area contributed by atoms with Crippen LogP contribution in [0.15, 0.2) is 42.0 Å². The molecule has 30 heavy (non-hydrogen) atoms. The molecule has 0 aromatic heterocycles. The Kier molecular flexibility index (Phi) is 4.87. The number of nitrogens with zero attached hydrogens (tertiary/aromatic N) is 1. The number of imide groups is 1. The van der Waals surface area contributed by atoms with Gasteiger partial charge in [0.2, 0.25) is 6.41 Å². The minimum atomic E-state index is -1.39. The van der Waals surface area contributed by atoms with Crippen LogP contribution >= 0.6 is 0 Å². The van der Waals surface area contributed by atoms with E-state index >= 15 is 0 Å². The molecule has 1 heterocycles. The monoisotopic (exact) mass is 409 g/mol. The van der Waals surface area contributed by atoms with Gasteiger partial charge in [0.1, 0.15) is 17.1 Å². The number of phenolic OH excluding ortho intramolecular Hbond substituents is 1. The van der Waals surface area contributed by atoms with Crippen LogP contribution in [0.3, 0.4) is 0 Å². The minimum Gasteiger partial charge on any atom is -0.508 e. The van der Waals surface area contributed by atoms with Gasteiger partial charge in [-0.05, 0) is 60.0 Å². The molecule has 0 fully saturated rings. The number of likely N-dealkylation sites (N-methyl/N-ethyl adjacent to an activating group) is 1. The quantitative estimate of drug-likeness (QED) is 0.626. The molecule has 2 aromatic rings. The fourth-order valence-electron chi connectivity index (χ4n) is 4.20. The molecule has 4 rings (SSSR count). The highest BCUT2D eigenvalue weighted by atomic mass is 19.1. The van der Waals surface area contributed by atoms with Gasteiger partial charge in [0.25, 0.3) is 11.8 Å². The number of halogens is 1. The molecule has 0 unspecified atom stereocenters. The van der Waals surface area contributed by atoms with Crippen LogP contribution in [0.5, 0.6) is 5.75 Å². The summed E-state index contributed by atoms with van der Waals surface area (Å²) in [6.45, 7) is 0.223. The molecule has 8 heteroatoms. The lowest BCUT2D eigenvalue weighted by molar-refractivity contribution is -0.129. The van der Waals surface area contributed by atoms with E-state index in [1.165, 1.54) is 29.2 Å². The van der Waals surface area contributed by atoms with Crippen LogP contribution in [0.2, 0.25) is 0 Å². The van der Waals surface area contributed by atoms with Crippen molar-refractivity contribution in [1.29, 1.82) is 0 Å². The van der Waals surface area contributed by atoms with Gasteiger partial charge in [-0.15, -0.1) is 0 Å². The Morgan fingerprint density at radius 3 is 2.80 bits per heavy atom. The van der Waals surface area contributed by atoms with Crippen LogP contribution in [0.25, 0.3) is 6.08 Å². The van der Waals surface area contributed by atoms with Gasteiger partial charge in [-0.3, -0.25) is 19.7 Å². The molecule has 1 atom stereocenters. The van der Waals surface area contributed by atoms with Crippen molar-refractivity contribution in [1.82, 2.24) is 15.5 Å². The number of rotatable bonds is 6. The van der Waals surface area contributed by atoms with E-state index in [0.29, 0.717) is 24.0 Å². The zero-order chi connectivity index (χ0) is 21.5. The highest BCUT2D eigenvalue weighted by Gasteiger charge is 2.46. The molecule has 3 amide bonds. The number of hydrogen-bond acceptors (Lipinski definition) is 5. The number of benzene rings is 2. The van der Waals surface area contributed by atoms with Gasteiger partial charge in [0.15, 0.2) is 0 Å². The molecule has 0 radical (unpaired) electrons. The van der Waals surface area contributed by atoms with Gasteiger partial charge in [0.05, 0.1) is 6.54 Å². The van der Waals surface area contributed by atoms with Gasteiger partial charge < -0.3 is 15.3 Å². The fraction of sp³-hybridized carbons (Fsp3) is 0.227. The number of carbonyl (C=O) groups is 3. The van der Waals surface area contributed by atoms with E-state index in [2.05, 4.69) is 10.6 Å². The SMILES string of the molecule is CN[C@](CN1Cc2ccc(O)cc2C1=O)(C(=O)NC=O)C1=Cc2ccc(F)cc2C1. The Bertz CT molecular complexity index is 1100. The van der Waals surface area contributed by atoms with Gasteiger partial charge >= 0.3 is 0 Å². The smallest absolute Gasteiger partial charge is 0.254 e. The van der Waals surface area contributed by atoms with E-state index in [1.54, 1.807) is 25.3 Å². The van der Waals surface area contributed by atoms with Crippen molar-refractivity contribution in [2.24, 2.45) is 0 Å². The second-order valence-corrected chi connectivity index (χ2v) is 7.44. The molecular formula is C22H20FN3O4. The van der Waals surface area contributed by atoms with Crippen molar-refractivity contribution >= 4 is 24.3 Å². The normalized spacial score (nSPS) is 16.5. The summed E-state index contributed by atoms with van der Waals surface area (Å²) in [6.07, 6.45) is 2.39. The predicted octanol–water partition coefficient (Wildman–Crippen LogP) is 1.36. The summed E-state index contributed by atoms with van der Waals surface area (Å²) >= 11 is 0. The first kappa shape index (κ1) is 19.8. The topological polar surface area (TPSA) is 98.7 Å². The predicted molar refractivity (Wildman–Crippen MR) is 107 cm³/mol. The van der Waals surface area contributed by atoms with Crippen molar-refractivity contribution in [3.05, 3.63) is 70.0 Å². The van der Waals surface area contributed by atoms with Crippen LogP contribution in [0.1, 0.15) is 27.0 Å². The first-order valence-electron chi connectivity index (χ1n) is 9.42. The molecular weight excluding hydrogens is 389 g/mol. The molecule has 3 N–H and O–H groups in total. The minimum absolute atomic E-state index is 0.0153. The largest absolute Gasteiger partial charge is 0.508 e. The van der Waals surface area contributed by atoms with Crippen molar-refractivity contribution in [2.75, 3.05) is 13.6 Å². The van der Waals surface area contributed by atoms with E-state index in [0.717, 1.165) is 16.7 Å². The number of carbonyl (C=O) groups excluding carboxylic acids is 3. The lowest BCUT2D eigenvalue weighted by atomic mass is 9.86. The summed E-state index contributed by atoms with van der Waals surface area (Å²) in [7, 11) is 1.58. The molecule has 0 bridgehead atoms. The summed E-state index contributed by atoms with van der Waals surface area (Å²) in [5.74, 6) is -1.31. The molecule has 0 saturated carbocycles. The maximum absolute atomic E-state index is 13.7. The summed E-state index contributed by atoms with van der Waals surface area (Å²) in [5, 5.41) is 14.9. The van der Waals surface area contributed by atoms with Crippen LogP contribution in [-0.2, 0) is 22.6 Å². The van der Waals surface area contributed by atoms with Crippen LogP contribution in [0, 0.1) is 5.82 Å². The number of fused-ring (bicyclic) bond motifs is 2. The number of aromatic hydroxyl groups is 1. The molecule has 1 aliphatic heterocycles. The van der Waals surface area contributed by atoms with Crippen molar-refractivity contribution < 1.29 is 23.9 Å². The Labute approximate surface area is 172 Å². The summed E-state index contributed by atoms with van der Waals surface area (Å²) in [4.78, 5) is 38.5. The molecule has 2 aromatic carbocycles. The van der Waals surface area contributed by atoms with Crippen molar-refractivity contribution in [3.63, 3.8) is 0 Å². The highest BCUT2D eigenvalue weighted by molar-refractivity contribution is 6.01. The first-order valence-corrected chi connectivity index (χ1v) is 9.42. The highest BCUT2D eigenvalue weighted by Crippen LogP contribution is 2.35. The van der Waals surface area contributed by atoms with Crippen molar-refractivity contribution in [3.8, 4) is 5.75 Å². The Morgan fingerprint density at radius 1 is 1.27 bits per heavy atom. The van der Waals surface area contributed by atoms with Crippen LogP contribution in [0.4, 0.5) is 4.39 Å². The van der Waals surface area contributed by atoms with Gasteiger partial charge in [0, 0.05) is 12.1 Å². The standard InChI is InChI=1S/C22H20FN3O4/c1-24-22(21(30)25-12-27,16-6-13-2-4-17(23)8-15(13)7-16)11-26-10-14-3-5-18(28)9-19(14)20(26)29/h2-6,8-9,12,24,28H,7,10-11H2,1H3,(H,25,27,30)/t22-/m0/s1.